The second-order valence-electron chi connectivity index (χ2n) is 5.48. The van der Waals surface area contributed by atoms with E-state index in [-0.39, 0.29) is 0 Å². The van der Waals surface area contributed by atoms with Gasteiger partial charge in [-0.2, -0.15) is 0 Å². The van der Waals surface area contributed by atoms with Crippen LogP contribution in [-0.4, -0.2) is 37.2 Å². The van der Waals surface area contributed by atoms with Crippen LogP contribution in [0.15, 0.2) is 0 Å². The van der Waals surface area contributed by atoms with E-state index in [4.69, 9.17) is 4.74 Å². The second kappa shape index (κ2) is 5.13. The minimum atomic E-state index is 0.443. The molecule has 2 heteroatoms. The first kappa shape index (κ1) is 12.0. The highest BCUT2D eigenvalue weighted by atomic mass is 16.5. The van der Waals surface area contributed by atoms with Gasteiger partial charge in [0.05, 0.1) is 13.2 Å². The summed E-state index contributed by atoms with van der Waals surface area (Å²) in [5.41, 5.74) is 0.443. The minimum absolute atomic E-state index is 0.443. The van der Waals surface area contributed by atoms with Crippen molar-refractivity contribution in [1.29, 1.82) is 0 Å². The van der Waals surface area contributed by atoms with Gasteiger partial charge >= 0.3 is 0 Å². The van der Waals surface area contributed by atoms with Crippen LogP contribution in [0.25, 0.3) is 0 Å². The maximum atomic E-state index is 5.38. The molecule has 84 valence electrons. The number of hydrogen-bond acceptors (Lipinski definition) is 2. The Morgan fingerprint density at radius 2 is 1.79 bits per heavy atom. The van der Waals surface area contributed by atoms with E-state index in [0.717, 1.165) is 32.3 Å². The average Bonchev–Trinajstić information content (AvgIpc) is 2.14. The predicted octanol–water partition coefficient (Wildman–Crippen LogP) is 2.53. The van der Waals surface area contributed by atoms with Crippen LogP contribution in [0, 0.1) is 5.41 Å². The lowest BCUT2D eigenvalue weighted by Gasteiger charge is -2.37. The Labute approximate surface area is 88.6 Å². The summed E-state index contributed by atoms with van der Waals surface area (Å²) in [4.78, 5) is 2.59. The van der Waals surface area contributed by atoms with Gasteiger partial charge in [0, 0.05) is 19.1 Å². The highest BCUT2D eigenvalue weighted by molar-refractivity contribution is 4.77. The van der Waals surface area contributed by atoms with E-state index >= 15 is 0 Å². The highest BCUT2D eigenvalue weighted by Gasteiger charge is 2.24. The van der Waals surface area contributed by atoms with Crippen LogP contribution in [-0.2, 0) is 4.74 Å². The Bertz CT molecular complexity index is 156. The lowest BCUT2D eigenvalue weighted by molar-refractivity contribution is 0.00689. The van der Waals surface area contributed by atoms with E-state index in [9.17, 15) is 0 Å². The molecule has 0 saturated carbocycles. The summed E-state index contributed by atoms with van der Waals surface area (Å²) in [6.45, 7) is 13.4. The molecule has 0 aromatic carbocycles. The van der Waals surface area contributed by atoms with Crippen LogP contribution >= 0.6 is 0 Å². The van der Waals surface area contributed by atoms with Gasteiger partial charge in [-0.05, 0) is 18.3 Å². The summed E-state index contributed by atoms with van der Waals surface area (Å²) in [7, 11) is 0. The van der Waals surface area contributed by atoms with E-state index in [2.05, 4.69) is 32.6 Å². The van der Waals surface area contributed by atoms with Gasteiger partial charge in [-0.1, -0.05) is 27.7 Å². The molecule has 1 unspecified atom stereocenters. The van der Waals surface area contributed by atoms with Gasteiger partial charge in [-0.25, -0.2) is 0 Å². The number of morpholine rings is 1. The van der Waals surface area contributed by atoms with Crippen molar-refractivity contribution in [1.82, 2.24) is 4.90 Å². The van der Waals surface area contributed by atoms with E-state index in [1.165, 1.54) is 12.8 Å². The van der Waals surface area contributed by atoms with E-state index < -0.39 is 0 Å². The molecule has 1 saturated heterocycles. The first-order valence-corrected chi connectivity index (χ1v) is 5.85. The van der Waals surface area contributed by atoms with Crippen molar-refractivity contribution in [2.24, 2.45) is 5.41 Å². The standard InChI is InChI=1S/C12H25NO/c1-5-11(10-12(2,3)4)13-6-8-14-9-7-13/h11H,5-10H2,1-4H3. The molecule has 1 fully saturated rings. The first-order valence-electron chi connectivity index (χ1n) is 5.85. The maximum absolute atomic E-state index is 5.38. The lowest BCUT2D eigenvalue weighted by Crippen LogP contribution is -2.44. The summed E-state index contributed by atoms with van der Waals surface area (Å²) in [5, 5.41) is 0. The van der Waals surface area contributed by atoms with Crippen molar-refractivity contribution < 1.29 is 4.74 Å². The Morgan fingerprint density at radius 3 is 2.21 bits per heavy atom. The zero-order valence-electron chi connectivity index (χ0n) is 10.2. The molecule has 1 heterocycles. The van der Waals surface area contributed by atoms with E-state index in [0.29, 0.717) is 5.41 Å². The van der Waals surface area contributed by atoms with Crippen molar-refractivity contribution in [2.75, 3.05) is 26.3 Å². The molecule has 0 bridgehead atoms. The Balaban J connectivity index is 2.43. The third-order valence-corrected chi connectivity index (χ3v) is 2.88. The van der Waals surface area contributed by atoms with Crippen LogP contribution in [0.2, 0.25) is 0 Å². The highest BCUT2D eigenvalue weighted by Crippen LogP contribution is 2.25. The van der Waals surface area contributed by atoms with Crippen molar-refractivity contribution in [3.63, 3.8) is 0 Å². The van der Waals surface area contributed by atoms with Crippen LogP contribution in [0.5, 0.6) is 0 Å². The Hall–Kier alpha value is -0.0800. The normalized spacial score (nSPS) is 22.3. The molecule has 0 amide bonds. The van der Waals surface area contributed by atoms with Gasteiger partial charge < -0.3 is 4.74 Å². The van der Waals surface area contributed by atoms with Crippen molar-refractivity contribution in [3.8, 4) is 0 Å². The number of ether oxygens (including phenoxy) is 1. The molecular weight excluding hydrogens is 174 g/mol. The molecule has 0 N–H and O–H groups in total. The van der Waals surface area contributed by atoms with Gasteiger partial charge in [0.25, 0.3) is 0 Å². The second-order valence-corrected chi connectivity index (χ2v) is 5.48. The SMILES string of the molecule is CCC(CC(C)(C)C)N1CCOCC1. The Morgan fingerprint density at radius 1 is 1.21 bits per heavy atom. The third-order valence-electron chi connectivity index (χ3n) is 2.88. The summed E-state index contributed by atoms with van der Waals surface area (Å²) >= 11 is 0. The van der Waals surface area contributed by atoms with E-state index in [1.54, 1.807) is 0 Å². The molecule has 0 spiro atoms. The van der Waals surface area contributed by atoms with Gasteiger partial charge in [0.2, 0.25) is 0 Å². The fourth-order valence-electron chi connectivity index (χ4n) is 2.18. The first-order chi connectivity index (χ1) is 6.53. The van der Waals surface area contributed by atoms with Crippen molar-refractivity contribution in [3.05, 3.63) is 0 Å². The largest absolute Gasteiger partial charge is 0.379 e. The molecule has 0 radical (unpaired) electrons. The molecule has 1 atom stereocenters. The van der Waals surface area contributed by atoms with Crippen LogP contribution < -0.4 is 0 Å². The summed E-state index contributed by atoms with van der Waals surface area (Å²) in [6.07, 6.45) is 2.56. The molecular formula is C12H25NO. The topological polar surface area (TPSA) is 12.5 Å². The number of rotatable bonds is 3. The third kappa shape index (κ3) is 3.97. The summed E-state index contributed by atoms with van der Waals surface area (Å²) < 4.78 is 5.38. The zero-order valence-corrected chi connectivity index (χ0v) is 10.2. The molecule has 0 aliphatic carbocycles. The zero-order chi connectivity index (χ0) is 10.6. The summed E-state index contributed by atoms with van der Waals surface area (Å²) in [5.74, 6) is 0. The smallest absolute Gasteiger partial charge is 0.0594 e. The average molecular weight is 199 g/mol. The molecule has 0 aromatic heterocycles. The van der Waals surface area contributed by atoms with Gasteiger partial charge in [-0.15, -0.1) is 0 Å². The van der Waals surface area contributed by atoms with Crippen molar-refractivity contribution in [2.45, 2.75) is 46.6 Å². The Kier molecular flexibility index (Phi) is 4.39. The maximum Gasteiger partial charge on any atom is 0.0594 e. The lowest BCUT2D eigenvalue weighted by atomic mass is 9.86. The minimum Gasteiger partial charge on any atom is -0.379 e. The van der Waals surface area contributed by atoms with E-state index in [1.807, 2.05) is 0 Å². The quantitative estimate of drug-likeness (QED) is 0.692. The molecule has 0 aromatic rings. The van der Waals surface area contributed by atoms with Crippen LogP contribution in [0.3, 0.4) is 0 Å². The molecule has 1 aliphatic heterocycles. The number of nitrogens with zero attached hydrogens (tertiary/aromatic N) is 1. The van der Waals surface area contributed by atoms with Gasteiger partial charge in [0.1, 0.15) is 0 Å². The van der Waals surface area contributed by atoms with Crippen LogP contribution in [0.4, 0.5) is 0 Å². The van der Waals surface area contributed by atoms with Gasteiger partial charge in [-0.3, -0.25) is 4.90 Å². The molecule has 1 aliphatic rings. The van der Waals surface area contributed by atoms with Crippen LogP contribution in [0.1, 0.15) is 40.5 Å². The molecule has 14 heavy (non-hydrogen) atoms. The fourth-order valence-corrected chi connectivity index (χ4v) is 2.18. The predicted molar refractivity (Wildman–Crippen MR) is 60.5 cm³/mol. The number of hydrogen-bond donors (Lipinski definition) is 0. The molecule has 2 nitrogen and oxygen atoms in total. The summed E-state index contributed by atoms with van der Waals surface area (Å²) in [6, 6.07) is 0.749. The fraction of sp³-hybridized carbons (Fsp3) is 1.00. The van der Waals surface area contributed by atoms with Crippen molar-refractivity contribution >= 4 is 0 Å². The van der Waals surface area contributed by atoms with Gasteiger partial charge in [0.15, 0.2) is 0 Å². The monoisotopic (exact) mass is 199 g/mol. The molecule has 1 rings (SSSR count).